The quantitative estimate of drug-likeness (QED) is 0.817. The highest BCUT2D eigenvalue weighted by Crippen LogP contribution is 2.35. The molecule has 1 unspecified atom stereocenters. The molecule has 0 radical (unpaired) electrons. The van der Waals surface area contributed by atoms with Crippen LogP contribution in [0.25, 0.3) is 0 Å². The molecule has 17 heavy (non-hydrogen) atoms. The number of para-hydroxylation sites is 1. The van der Waals surface area contributed by atoms with E-state index in [1.807, 2.05) is 0 Å². The second-order valence-corrected chi connectivity index (χ2v) is 5.71. The minimum absolute atomic E-state index is 0.0389. The van der Waals surface area contributed by atoms with Crippen molar-refractivity contribution in [2.24, 2.45) is 11.7 Å². The van der Waals surface area contributed by atoms with E-state index in [1.54, 1.807) is 0 Å². The molecule has 1 aliphatic carbocycles. The van der Waals surface area contributed by atoms with E-state index in [2.05, 4.69) is 43.4 Å². The van der Waals surface area contributed by atoms with Crippen molar-refractivity contribution in [1.82, 2.24) is 0 Å². The van der Waals surface area contributed by atoms with Crippen molar-refractivity contribution in [2.75, 3.05) is 11.9 Å². The molecule has 0 bridgehead atoms. The van der Waals surface area contributed by atoms with Crippen molar-refractivity contribution in [3.8, 4) is 0 Å². The average molecular weight is 232 g/mol. The predicted molar refractivity (Wildman–Crippen MR) is 74.2 cm³/mol. The van der Waals surface area contributed by atoms with Crippen LogP contribution in [-0.2, 0) is 0 Å². The summed E-state index contributed by atoms with van der Waals surface area (Å²) in [5, 5.41) is 3.65. The molecule has 2 rings (SSSR count). The lowest BCUT2D eigenvalue weighted by molar-refractivity contribution is 0.248. The van der Waals surface area contributed by atoms with Gasteiger partial charge in [0, 0.05) is 17.8 Å². The minimum Gasteiger partial charge on any atom is -0.378 e. The Morgan fingerprint density at radius 2 is 2.06 bits per heavy atom. The van der Waals surface area contributed by atoms with Gasteiger partial charge in [0.05, 0.1) is 0 Å². The first-order valence-corrected chi connectivity index (χ1v) is 6.67. The Morgan fingerprint density at radius 1 is 1.35 bits per heavy atom. The van der Waals surface area contributed by atoms with Gasteiger partial charge in [0.15, 0.2) is 0 Å². The van der Waals surface area contributed by atoms with Gasteiger partial charge in [0.1, 0.15) is 0 Å². The highest BCUT2D eigenvalue weighted by molar-refractivity contribution is 5.52. The second-order valence-electron chi connectivity index (χ2n) is 5.71. The standard InChI is InChI=1S/C15H24N2/c1-12-6-3-4-9-14(12)17-15(2,11-16)10-13-7-5-8-13/h3-4,6,9,13,17H,5,7-8,10-11,16H2,1-2H3. The molecule has 3 N–H and O–H groups in total. The summed E-state index contributed by atoms with van der Waals surface area (Å²) in [5.74, 6) is 0.875. The van der Waals surface area contributed by atoms with Crippen LogP contribution >= 0.6 is 0 Å². The normalized spacial score (nSPS) is 19.5. The fraction of sp³-hybridized carbons (Fsp3) is 0.600. The van der Waals surface area contributed by atoms with Crippen LogP contribution in [0.2, 0.25) is 0 Å². The summed E-state index contributed by atoms with van der Waals surface area (Å²) >= 11 is 0. The third-order valence-corrected chi connectivity index (χ3v) is 4.00. The second kappa shape index (κ2) is 5.09. The molecule has 1 aromatic carbocycles. The van der Waals surface area contributed by atoms with Crippen LogP contribution < -0.4 is 11.1 Å². The van der Waals surface area contributed by atoms with Crippen molar-refractivity contribution in [3.63, 3.8) is 0 Å². The van der Waals surface area contributed by atoms with E-state index in [1.165, 1.54) is 36.9 Å². The van der Waals surface area contributed by atoms with Gasteiger partial charge in [-0.3, -0.25) is 0 Å². The molecule has 94 valence electrons. The van der Waals surface area contributed by atoms with Gasteiger partial charge in [0.25, 0.3) is 0 Å². The van der Waals surface area contributed by atoms with Gasteiger partial charge in [-0.15, -0.1) is 0 Å². The molecule has 0 aromatic heterocycles. The fourth-order valence-electron chi connectivity index (χ4n) is 2.56. The molecular weight excluding hydrogens is 208 g/mol. The third-order valence-electron chi connectivity index (χ3n) is 4.00. The van der Waals surface area contributed by atoms with Crippen molar-refractivity contribution in [3.05, 3.63) is 29.8 Å². The molecule has 2 nitrogen and oxygen atoms in total. The van der Waals surface area contributed by atoms with Gasteiger partial charge in [-0.2, -0.15) is 0 Å². The third kappa shape index (κ3) is 3.01. The summed E-state index contributed by atoms with van der Waals surface area (Å²) in [4.78, 5) is 0. The number of hydrogen-bond acceptors (Lipinski definition) is 2. The fourth-order valence-corrected chi connectivity index (χ4v) is 2.56. The van der Waals surface area contributed by atoms with E-state index in [0.29, 0.717) is 6.54 Å². The summed E-state index contributed by atoms with van der Waals surface area (Å²) in [6.45, 7) is 5.08. The summed E-state index contributed by atoms with van der Waals surface area (Å²) < 4.78 is 0. The van der Waals surface area contributed by atoms with E-state index < -0.39 is 0 Å². The molecule has 1 aliphatic rings. The Hall–Kier alpha value is -1.02. The summed E-state index contributed by atoms with van der Waals surface area (Å²) in [7, 11) is 0. The number of rotatable bonds is 5. The van der Waals surface area contributed by atoms with E-state index in [0.717, 1.165) is 5.92 Å². The monoisotopic (exact) mass is 232 g/mol. The number of nitrogens with two attached hydrogens (primary N) is 1. The van der Waals surface area contributed by atoms with E-state index in [9.17, 15) is 0 Å². The van der Waals surface area contributed by atoms with Crippen molar-refractivity contribution < 1.29 is 0 Å². The van der Waals surface area contributed by atoms with Gasteiger partial charge in [-0.1, -0.05) is 37.5 Å². The number of nitrogens with one attached hydrogen (secondary N) is 1. The maximum absolute atomic E-state index is 5.97. The Bertz CT molecular complexity index is 371. The first-order valence-electron chi connectivity index (χ1n) is 6.67. The van der Waals surface area contributed by atoms with Crippen LogP contribution in [0.5, 0.6) is 0 Å². The molecule has 2 heteroatoms. The Balaban J connectivity index is 2.05. The maximum atomic E-state index is 5.97. The molecule has 1 atom stereocenters. The van der Waals surface area contributed by atoms with Crippen LogP contribution in [0.15, 0.2) is 24.3 Å². The highest BCUT2D eigenvalue weighted by Gasteiger charge is 2.29. The zero-order valence-electron chi connectivity index (χ0n) is 11.0. The van der Waals surface area contributed by atoms with E-state index in [-0.39, 0.29) is 5.54 Å². The van der Waals surface area contributed by atoms with Crippen LogP contribution in [0.3, 0.4) is 0 Å². The largest absolute Gasteiger partial charge is 0.378 e. The van der Waals surface area contributed by atoms with E-state index in [4.69, 9.17) is 5.73 Å². The smallest absolute Gasteiger partial charge is 0.0470 e. The lowest BCUT2D eigenvalue weighted by Gasteiger charge is -2.38. The van der Waals surface area contributed by atoms with Crippen LogP contribution in [0, 0.1) is 12.8 Å². The van der Waals surface area contributed by atoms with Crippen LogP contribution in [0.1, 0.15) is 38.2 Å². The average Bonchev–Trinajstić information content (AvgIpc) is 2.27. The van der Waals surface area contributed by atoms with E-state index >= 15 is 0 Å². The summed E-state index contributed by atoms with van der Waals surface area (Å²) in [6, 6.07) is 8.44. The summed E-state index contributed by atoms with van der Waals surface area (Å²) in [5.41, 5.74) is 8.52. The molecule has 0 spiro atoms. The minimum atomic E-state index is 0.0389. The molecule has 0 saturated heterocycles. The van der Waals surface area contributed by atoms with Gasteiger partial charge >= 0.3 is 0 Å². The lowest BCUT2D eigenvalue weighted by atomic mass is 9.76. The predicted octanol–water partition coefficient (Wildman–Crippen LogP) is 3.31. The molecule has 0 heterocycles. The van der Waals surface area contributed by atoms with Gasteiger partial charge in [0.2, 0.25) is 0 Å². The Morgan fingerprint density at radius 3 is 2.59 bits per heavy atom. The van der Waals surface area contributed by atoms with Crippen LogP contribution in [-0.4, -0.2) is 12.1 Å². The maximum Gasteiger partial charge on any atom is 0.0470 e. The lowest BCUT2D eigenvalue weighted by Crippen LogP contribution is -2.45. The van der Waals surface area contributed by atoms with Gasteiger partial charge in [-0.05, 0) is 37.8 Å². The zero-order chi connectivity index (χ0) is 12.3. The first-order chi connectivity index (χ1) is 8.13. The Kier molecular flexibility index (Phi) is 3.72. The van der Waals surface area contributed by atoms with Crippen molar-refractivity contribution in [1.29, 1.82) is 0 Å². The number of anilines is 1. The molecule has 0 aliphatic heterocycles. The van der Waals surface area contributed by atoms with Crippen LogP contribution in [0.4, 0.5) is 5.69 Å². The molecule has 1 saturated carbocycles. The van der Waals surface area contributed by atoms with Crippen molar-refractivity contribution in [2.45, 2.75) is 45.1 Å². The molecule has 1 aromatic rings. The number of benzene rings is 1. The van der Waals surface area contributed by atoms with Gasteiger partial charge in [-0.25, -0.2) is 0 Å². The SMILES string of the molecule is Cc1ccccc1NC(C)(CN)CC1CCC1. The summed E-state index contributed by atoms with van der Waals surface area (Å²) in [6.07, 6.45) is 5.35. The Labute approximate surface area is 105 Å². The number of aryl methyl sites for hydroxylation is 1. The highest BCUT2D eigenvalue weighted by atomic mass is 15.0. The van der Waals surface area contributed by atoms with Crippen molar-refractivity contribution >= 4 is 5.69 Å². The molecule has 0 amide bonds. The first kappa shape index (κ1) is 12.4. The number of hydrogen-bond donors (Lipinski definition) is 2. The topological polar surface area (TPSA) is 38.0 Å². The molecule has 1 fully saturated rings. The molecular formula is C15H24N2. The zero-order valence-corrected chi connectivity index (χ0v) is 11.0. The van der Waals surface area contributed by atoms with Gasteiger partial charge < -0.3 is 11.1 Å².